The number of urea groups is 2. The fourth-order valence-corrected chi connectivity index (χ4v) is 4.81. The average molecular weight is 655 g/mol. The van der Waals surface area contributed by atoms with Crippen LogP contribution in [0.5, 0.6) is 17.2 Å². The van der Waals surface area contributed by atoms with Gasteiger partial charge in [-0.2, -0.15) is 0 Å². The summed E-state index contributed by atoms with van der Waals surface area (Å²) in [6, 6.07) is 10.1. The molecular formula is C24H24N4Na2O11S2. The Kier molecular flexibility index (Phi) is 14.7. The van der Waals surface area contributed by atoms with E-state index in [1.165, 1.54) is 36.4 Å². The molecule has 0 spiro atoms. The molecule has 0 atom stereocenters. The van der Waals surface area contributed by atoms with Gasteiger partial charge in [-0.1, -0.05) is 42.5 Å². The topological polar surface area (TPSA) is 257 Å². The quantitative estimate of drug-likeness (QED) is 0.0802. The van der Waals surface area contributed by atoms with Crippen molar-refractivity contribution in [1.82, 2.24) is 21.3 Å². The van der Waals surface area contributed by atoms with Gasteiger partial charge in [0.25, 0.3) is 0 Å². The largest absolute Gasteiger partial charge is 1.00 e. The number of benzene rings is 3. The van der Waals surface area contributed by atoms with Crippen LogP contribution >= 0.6 is 0 Å². The van der Waals surface area contributed by atoms with E-state index in [1.807, 2.05) is 0 Å². The van der Waals surface area contributed by atoms with Gasteiger partial charge in [0.1, 0.15) is 37.5 Å². The summed E-state index contributed by atoms with van der Waals surface area (Å²) in [5.74, 6) is -1.78. The number of nitrogens with one attached hydrogen (secondary N) is 4. The van der Waals surface area contributed by atoms with Gasteiger partial charge in [-0.25, -0.2) is 26.4 Å². The van der Waals surface area contributed by atoms with E-state index in [-0.39, 0.29) is 113 Å². The fourth-order valence-electron chi connectivity index (χ4n) is 3.58. The van der Waals surface area contributed by atoms with Gasteiger partial charge in [0.05, 0.1) is 9.79 Å². The number of phenols is 3. The molecule has 3 aromatic rings. The normalized spacial score (nSPS) is 10.9. The monoisotopic (exact) mass is 654 g/mol. The second-order valence-electron chi connectivity index (χ2n) is 8.43. The first-order valence-electron chi connectivity index (χ1n) is 11.5. The molecule has 0 fully saturated rings. The number of carbonyl (C=O) groups is 2. The molecule has 0 radical (unpaired) electrons. The predicted molar refractivity (Wildman–Crippen MR) is 138 cm³/mol. The van der Waals surface area contributed by atoms with E-state index in [9.17, 15) is 50.8 Å². The first-order chi connectivity index (χ1) is 19.2. The van der Waals surface area contributed by atoms with Crippen LogP contribution in [0.4, 0.5) is 9.59 Å². The fraction of sp³-hybridized carbons (Fsp3) is 0.167. The van der Waals surface area contributed by atoms with Crippen molar-refractivity contribution in [2.24, 2.45) is 0 Å². The molecule has 0 heterocycles. The molecule has 0 aliphatic carbocycles. The average Bonchev–Trinajstić information content (AvgIpc) is 2.89. The van der Waals surface area contributed by atoms with Crippen molar-refractivity contribution in [3.63, 3.8) is 0 Å². The van der Waals surface area contributed by atoms with Crippen LogP contribution in [0, 0.1) is 0 Å². The predicted octanol–water partition coefficient (Wildman–Crippen LogP) is -5.38. The maximum absolute atomic E-state index is 12.2. The first-order valence-corrected chi connectivity index (χ1v) is 14.4. The molecule has 7 N–H and O–H groups in total. The van der Waals surface area contributed by atoms with E-state index in [2.05, 4.69) is 21.3 Å². The van der Waals surface area contributed by atoms with Crippen molar-refractivity contribution in [2.45, 2.75) is 36.0 Å². The Hall–Kier alpha value is -2.58. The maximum atomic E-state index is 12.2. The van der Waals surface area contributed by atoms with E-state index < -0.39 is 53.6 Å². The number of carbonyl (C=O) groups excluding carboxylic acids is 2. The van der Waals surface area contributed by atoms with Gasteiger partial charge in [0, 0.05) is 48.4 Å². The Morgan fingerprint density at radius 2 is 0.791 bits per heavy atom. The summed E-state index contributed by atoms with van der Waals surface area (Å²) >= 11 is 0. The van der Waals surface area contributed by atoms with Crippen molar-refractivity contribution in [1.29, 1.82) is 0 Å². The van der Waals surface area contributed by atoms with Crippen LogP contribution in [0.2, 0.25) is 0 Å². The molecule has 0 aromatic heterocycles. The van der Waals surface area contributed by atoms with E-state index in [0.717, 1.165) is 12.1 Å². The van der Waals surface area contributed by atoms with Crippen molar-refractivity contribution < 1.29 is 110 Å². The van der Waals surface area contributed by atoms with Crippen LogP contribution in [0.1, 0.15) is 22.3 Å². The zero-order valence-electron chi connectivity index (χ0n) is 22.9. The second kappa shape index (κ2) is 16.5. The molecule has 220 valence electrons. The number of amides is 4. The van der Waals surface area contributed by atoms with E-state index >= 15 is 0 Å². The van der Waals surface area contributed by atoms with E-state index in [1.54, 1.807) is 6.07 Å². The standard InChI is InChI=1S/C24H26N4O11S2.2Na/c29-20-14(10-25-23(32)27-12-16-6-2-8-18(21(16)30)40(34,35)36)4-1-5-15(20)11-26-24(33)28-13-17-7-3-9-19(22(17)31)41(37,38)39;;/h1-9,29-31H,10-13H2,(H2,25,27,32)(H2,26,28,33)(H,34,35,36)(H,37,38,39);;/q;2*+1/p-2. The summed E-state index contributed by atoms with van der Waals surface area (Å²) in [7, 11) is -9.82. The SMILES string of the molecule is O=C(NCc1cccc(CNC(=O)NCc2cccc(S(=O)(=O)[O-])c2O)c1O)NCc1cccc(S(=O)(=O)[O-])c1O.[Na+].[Na+]. The van der Waals surface area contributed by atoms with Crippen molar-refractivity contribution >= 4 is 32.3 Å². The third-order valence-electron chi connectivity index (χ3n) is 5.66. The summed E-state index contributed by atoms with van der Waals surface area (Å²) in [5.41, 5.74) is 0.541. The summed E-state index contributed by atoms with van der Waals surface area (Å²) in [4.78, 5) is 22.7. The third kappa shape index (κ3) is 10.8. The number of aromatic hydroxyl groups is 3. The molecule has 3 aromatic carbocycles. The zero-order chi connectivity index (χ0) is 30.4. The molecule has 0 aliphatic rings. The number of para-hydroxylation sites is 3. The van der Waals surface area contributed by atoms with Crippen LogP contribution in [0.25, 0.3) is 0 Å². The molecule has 19 heteroatoms. The number of hydrogen-bond acceptors (Lipinski definition) is 11. The van der Waals surface area contributed by atoms with Gasteiger partial charge < -0.3 is 45.7 Å². The Morgan fingerprint density at radius 1 is 0.535 bits per heavy atom. The Balaban J connectivity index is 0.00000462. The second-order valence-corrected chi connectivity index (χ2v) is 11.1. The minimum Gasteiger partial charge on any atom is -0.744 e. The van der Waals surface area contributed by atoms with Crippen LogP contribution in [-0.4, -0.2) is 53.3 Å². The number of hydrogen-bond donors (Lipinski definition) is 7. The summed E-state index contributed by atoms with van der Waals surface area (Å²) in [5, 5.41) is 40.2. The summed E-state index contributed by atoms with van der Waals surface area (Å²) < 4.78 is 67.1. The van der Waals surface area contributed by atoms with E-state index in [4.69, 9.17) is 0 Å². The minimum atomic E-state index is -4.91. The molecule has 15 nitrogen and oxygen atoms in total. The molecule has 0 bridgehead atoms. The van der Waals surface area contributed by atoms with Crippen LogP contribution < -0.4 is 80.4 Å². The molecule has 0 aliphatic heterocycles. The van der Waals surface area contributed by atoms with Gasteiger partial charge in [0.15, 0.2) is 0 Å². The zero-order valence-corrected chi connectivity index (χ0v) is 28.6. The van der Waals surface area contributed by atoms with Crippen molar-refractivity contribution in [2.75, 3.05) is 0 Å². The summed E-state index contributed by atoms with van der Waals surface area (Å²) in [6.45, 7) is -0.921. The van der Waals surface area contributed by atoms with Gasteiger partial charge in [-0.05, 0) is 12.1 Å². The molecule has 4 amide bonds. The molecule has 3 rings (SSSR count). The van der Waals surface area contributed by atoms with Crippen LogP contribution in [0.15, 0.2) is 64.4 Å². The van der Waals surface area contributed by atoms with Crippen LogP contribution in [0.3, 0.4) is 0 Å². The first kappa shape index (κ1) is 38.4. The smallest absolute Gasteiger partial charge is 0.744 e. The van der Waals surface area contributed by atoms with Gasteiger partial charge in [-0.3, -0.25) is 0 Å². The molecule has 43 heavy (non-hydrogen) atoms. The number of rotatable bonds is 10. The molecule has 0 unspecified atom stereocenters. The Labute approximate surface area is 291 Å². The van der Waals surface area contributed by atoms with E-state index in [0.29, 0.717) is 0 Å². The van der Waals surface area contributed by atoms with Gasteiger partial charge >= 0.3 is 71.2 Å². The Morgan fingerprint density at radius 3 is 1.07 bits per heavy atom. The van der Waals surface area contributed by atoms with Crippen LogP contribution in [-0.2, 0) is 46.4 Å². The van der Waals surface area contributed by atoms with Gasteiger partial charge in [-0.15, -0.1) is 0 Å². The van der Waals surface area contributed by atoms with Gasteiger partial charge in [0.2, 0.25) is 0 Å². The third-order valence-corrected chi connectivity index (χ3v) is 7.40. The van der Waals surface area contributed by atoms with Crippen molar-refractivity contribution in [3.05, 3.63) is 76.9 Å². The molecule has 0 saturated carbocycles. The number of phenolic OH excluding ortho intramolecular Hbond substituents is 3. The maximum Gasteiger partial charge on any atom is 1.00 e. The molecule has 0 saturated heterocycles. The summed E-state index contributed by atoms with van der Waals surface area (Å²) in [6.07, 6.45) is 0. The Bertz CT molecular complexity index is 1570. The van der Waals surface area contributed by atoms with Crippen molar-refractivity contribution in [3.8, 4) is 17.2 Å². The molecular weight excluding hydrogens is 630 g/mol. The minimum absolute atomic E-state index is 0.